The highest BCUT2D eigenvalue weighted by molar-refractivity contribution is 7.99. The van der Waals surface area contributed by atoms with Crippen LogP contribution in [-0.4, -0.2) is 11.5 Å². The van der Waals surface area contributed by atoms with E-state index in [0.29, 0.717) is 13.0 Å². The quantitative estimate of drug-likeness (QED) is 0.929. The number of benzene rings is 1. The van der Waals surface area contributed by atoms with Crippen molar-refractivity contribution in [2.45, 2.75) is 30.2 Å². The van der Waals surface area contributed by atoms with Crippen molar-refractivity contribution in [1.29, 1.82) is 0 Å². The van der Waals surface area contributed by atoms with Gasteiger partial charge in [-0.1, -0.05) is 11.8 Å². The molecule has 2 nitrogen and oxygen atoms in total. The van der Waals surface area contributed by atoms with Crippen molar-refractivity contribution in [3.8, 4) is 0 Å². The summed E-state index contributed by atoms with van der Waals surface area (Å²) in [5.41, 5.74) is 8.57. The van der Waals surface area contributed by atoms with Gasteiger partial charge in [0.05, 0.1) is 0 Å². The first-order valence-electron chi connectivity index (χ1n) is 6.19. The average molecular weight is 276 g/mol. The minimum atomic E-state index is -0.224. The molecule has 2 aromatic rings. The molecule has 0 saturated heterocycles. The second kappa shape index (κ2) is 6.17. The van der Waals surface area contributed by atoms with E-state index in [1.807, 2.05) is 32.0 Å². The summed E-state index contributed by atoms with van der Waals surface area (Å²) in [5, 5.41) is 0.891. The lowest BCUT2D eigenvalue weighted by atomic mass is 10.1. The van der Waals surface area contributed by atoms with Crippen LogP contribution in [-0.2, 0) is 6.42 Å². The summed E-state index contributed by atoms with van der Waals surface area (Å²) in [6, 6.07) is 9.07. The second-order valence-corrected chi connectivity index (χ2v) is 5.65. The average Bonchev–Trinajstić information content (AvgIpc) is 2.26. The minimum absolute atomic E-state index is 0.224. The highest BCUT2D eigenvalue weighted by Gasteiger charge is 2.05. The lowest BCUT2D eigenvalue weighted by molar-refractivity contribution is 0.621. The molecule has 100 valence electrons. The Morgan fingerprint density at radius 2 is 1.95 bits per heavy atom. The van der Waals surface area contributed by atoms with E-state index in [-0.39, 0.29) is 5.82 Å². The van der Waals surface area contributed by atoms with Gasteiger partial charge in [-0.25, -0.2) is 9.37 Å². The molecule has 19 heavy (non-hydrogen) atoms. The van der Waals surface area contributed by atoms with Crippen molar-refractivity contribution in [2.75, 3.05) is 6.54 Å². The van der Waals surface area contributed by atoms with Gasteiger partial charge in [0.2, 0.25) is 0 Å². The summed E-state index contributed by atoms with van der Waals surface area (Å²) in [6.07, 6.45) is 0.686. The molecule has 0 unspecified atom stereocenters. The summed E-state index contributed by atoms with van der Waals surface area (Å²) >= 11 is 1.48. The van der Waals surface area contributed by atoms with Gasteiger partial charge in [0, 0.05) is 10.6 Å². The third-order valence-corrected chi connectivity index (χ3v) is 3.55. The number of halogens is 1. The fraction of sp³-hybridized carbons (Fsp3) is 0.267. The Kier molecular flexibility index (Phi) is 4.56. The standard InChI is InChI=1S/C15H17FN2S/c1-10-5-11(2)18-15(6-10)19-14-8-12(3-4-17)7-13(16)9-14/h5-9H,3-4,17H2,1-2H3. The molecular formula is C15H17FN2S. The van der Waals surface area contributed by atoms with E-state index in [1.54, 1.807) is 0 Å². The van der Waals surface area contributed by atoms with Crippen LogP contribution in [0.15, 0.2) is 40.3 Å². The van der Waals surface area contributed by atoms with Gasteiger partial charge in [-0.3, -0.25) is 0 Å². The van der Waals surface area contributed by atoms with Crippen LogP contribution in [0.5, 0.6) is 0 Å². The maximum atomic E-state index is 13.5. The summed E-state index contributed by atoms with van der Waals surface area (Å²) < 4.78 is 13.5. The normalized spacial score (nSPS) is 10.7. The molecule has 1 heterocycles. The Hall–Kier alpha value is -1.39. The van der Waals surface area contributed by atoms with E-state index in [2.05, 4.69) is 4.98 Å². The number of pyridine rings is 1. The molecule has 0 aliphatic carbocycles. The smallest absolute Gasteiger partial charge is 0.124 e. The molecule has 2 N–H and O–H groups in total. The van der Waals surface area contributed by atoms with Crippen molar-refractivity contribution in [2.24, 2.45) is 5.73 Å². The molecular weight excluding hydrogens is 259 g/mol. The van der Waals surface area contributed by atoms with Gasteiger partial charge in [0.25, 0.3) is 0 Å². The van der Waals surface area contributed by atoms with Gasteiger partial charge in [0.1, 0.15) is 10.8 Å². The van der Waals surface area contributed by atoms with Gasteiger partial charge in [-0.2, -0.15) is 0 Å². The first-order valence-corrected chi connectivity index (χ1v) is 7.01. The van der Waals surface area contributed by atoms with Crippen LogP contribution >= 0.6 is 11.8 Å². The van der Waals surface area contributed by atoms with Crippen molar-refractivity contribution in [3.63, 3.8) is 0 Å². The highest BCUT2D eigenvalue weighted by atomic mass is 32.2. The molecule has 0 atom stereocenters. The number of nitrogens with zero attached hydrogens (tertiary/aromatic N) is 1. The fourth-order valence-electron chi connectivity index (χ4n) is 1.97. The lowest BCUT2D eigenvalue weighted by Crippen LogP contribution is -2.03. The summed E-state index contributed by atoms with van der Waals surface area (Å²) in [5.74, 6) is -0.224. The Labute approximate surface area is 117 Å². The summed E-state index contributed by atoms with van der Waals surface area (Å²) in [4.78, 5) is 5.31. The van der Waals surface area contributed by atoms with E-state index in [4.69, 9.17) is 5.73 Å². The van der Waals surface area contributed by atoms with Crippen LogP contribution in [0.3, 0.4) is 0 Å². The van der Waals surface area contributed by atoms with Crippen molar-refractivity contribution in [1.82, 2.24) is 4.98 Å². The molecule has 0 bridgehead atoms. The Balaban J connectivity index is 2.27. The van der Waals surface area contributed by atoms with Gasteiger partial charge >= 0.3 is 0 Å². The van der Waals surface area contributed by atoms with E-state index in [9.17, 15) is 4.39 Å². The molecule has 0 amide bonds. The van der Waals surface area contributed by atoms with Crippen molar-refractivity contribution in [3.05, 3.63) is 53.0 Å². The fourth-order valence-corrected chi connectivity index (χ4v) is 3.03. The predicted molar refractivity (Wildman–Crippen MR) is 77.0 cm³/mol. The summed E-state index contributed by atoms with van der Waals surface area (Å²) in [6.45, 7) is 4.52. The predicted octanol–water partition coefficient (Wildman–Crippen LogP) is 3.49. The van der Waals surface area contributed by atoms with Crippen LogP contribution in [0.4, 0.5) is 4.39 Å². The topological polar surface area (TPSA) is 38.9 Å². The van der Waals surface area contributed by atoms with Crippen LogP contribution < -0.4 is 5.73 Å². The van der Waals surface area contributed by atoms with Crippen LogP contribution in [0.1, 0.15) is 16.8 Å². The zero-order chi connectivity index (χ0) is 13.8. The number of hydrogen-bond donors (Lipinski definition) is 1. The molecule has 2 rings (SSSR count). The third kappa shape index (κ3) is 4.04. The number of nitrogens with two attached hydrogens (primary N) is 1. The molecule has 0 fully saturated rings. The largest absolute Gasteiger partial charge is 0.330 e. The molecule has 0 radical (unpaired) electrons. The molecule has 1 aromatic carbocycles. The van der Waals surface area contributed by atoms with Crippen LogP contribution in [0, 0.1) is 19.7 Å². The first kappa shape index (κ1) is 14.0. The third-order valence-electron chi connectivity index (χ3n) is 2.66. The molecule has 1 aromatic heterocycles. The zero-order valence-electron chi connectivity index (χ0n) is 11.1. The van der Waals surface area contributed by atoms with E-state index in [1.165, 1.54) is 23.9 Å². The van der Waals surface area contributed by atoms with Crippen molar-refractivity contribution < 1.29 is 4.39 Å². The number of rotatable bonds is 4. The molecule has 4 heteroatoms. The Bertz CT molecular complexity index is 564. The van der Waals surface area contributed by atoms with Crippen LogP contribution in [0.25, 0.3) is 0 Å². The maximum absolute atomic E-state index is 13.5. The van der Waals surface area contributed by atoms with Gasteiger partial charge in [-0.15, -0.1) is 0 Å². The SMILES string of the molecule is Cc1cc(C)nc(Sc2cc(F)cc(CCN)c2)c1. The minimum Gasteiger partial charge on any atom is -0.330 e. The number of aryl methyl sites for hydroxylation is 2. The second-order valence-electron chi connectivity index (χ2n) is 4.56. The van der Waals surface area contributed by atoms with Crippen molar-refractivity contribution >= 4 is 11.8 Å². The van der Waals surface area contributed by atoms with Gasteiger partial charge in [-0.05, 0) is 68.3 Å². The molecule has 0 saturated carbocycles. The summed E-state index contributed by atoms with van der Waals surface area (Å²) in [7, 11) is 0. The lowest BCUT2D eigenvalue weighted by Gasteiger charge is -2.06. The molecule has 0 aliphatic rings. The van der Waals surface area contributed by atoms with Gasteiger partial charge in [0.15, 0.2) is 0 Å². The number of hydrogen-bond acceptors (Lipinski definition) is 3. The highest BCUT2D eigenvalue weighted by Crippen LogP contribution is 2.28. The number of aromatic nitrogens is 1. The maximum Gasteiger partial charge on any atom is 0.124 e. The van der Waals surface area contributed by atoms with Gasteiger partial charge < -0.3 is 5.73 Å². The zero-order valence-corrected chi connectivity index (χ0v) is 11.9. The van der Waals surface area contributed by atoms with E-state index in [0.717, 1.165) is 26.7 Å². The molecule has 0 spiro atoms. The van der Waals surface area contributed by atoms with E-state index >= 15 is 0 Å². The monoisotopic (exact) mass is 276 g/mol. The Morgan fingerprint density at radius 3 is 2.63 bits per heavy atom. The molecule has 0 aliphatic heterocycles. The first-order chi connectivity index (χ1) is 9.06. The Morgan fingerprint density at radius 1 is 1.16 bits per heavy atom. The van der Waals surface area contributed by atoms with Crippen LogP contribution in [0.2, 0.25) is 0 Å². The van der Waals surface area contributed by atoms with E-state index < -0.39 is 0 Å².